The Labute approximate surface area is 119 Å². The van der Waals surface area contributed by atoms with E-state index >= 15 is 0 Å². The Bertz CT molecular complexity index is 473. The average molecular weight is 281 g/mol. The second kappa shape index (κ2) is 5.58. The predicted molar refractivity (Wildman–Crippen MR) is 74.9 cm³/mol. The maximum Gasteiger partial charge on any atom is 0.257 e. The first-order valence-electron chi connectivity index (χ1n) is 6.85. The second-order valence-electron chi connectivity index (χ2n) is 5.99. The Balaban J connectivity index is 2.20. The number of methoxy groups -OCH3 is 1. The molecule has 2 heterocycles. The third kappa shape index (κ3) is 3.04. The van der Waals surface area contributed by atoms with Crippen LogP contribution in [0, 0.1) is 13.8 Å². The van der Waals surface area contributed by atoms with Crippen molar-refractivity contribution in [1.82, 2.24) is 4.90 Å². The lowest BCUT2D eigenvalue weighted by molar-refractivity contribution is -0.143. The van der Waals surface area contributed by atoms with Gasteiger partial charge in [0.15, 0.2) is 0 Å². The van der Waals surface area contributed by atoms with Crippen LogP contribution in [-0.4, -0.2) is 49.3 Å². The molecule has 2 rings (SSSR count). The summed E-state index contributed by atoms with van der Waals surface area (Å²) >= 11 is 0. The fraction of sp³-hybridized carbons (Fsp3) is 0.667. The van der Waals surface area contributed by atoms with E-state index in [1.54, 1.807) is 13.4 Å². The molecular weight excluding hydrogens is 258 g/mol. The van der Waals surface area contributed by atoms with Crippen molar-refractivity contribution in [2.24, 2.45) is 0 Å². The van der Waals surface area contributed by atoms with Gasteiger partial charge in [-0.2, -0.15) is 0 Å². The van der Waals surface area contributed by atoms with E-state index in [9.17, 15) is 4.79 Å². The van der Waals surface area contributed by atoms with Gasteiger partial charge in [-0.15, -0.1) is 0 Å². The highest BCUT2D eigenvalue weighted by molar-refractivity contribution is 5.96. The molecule has 5 heteroatoms. The Morgan fingerprint density at radius 2 is 2.20 bits per heavy atom. The number of furan rings is 1. The molecule has 1 unspecified atom stereocenters. The van der Waals surface area contributed by atoms with E-state index in [0.717, 1.165) is 5.56 Å². The zero-order chi connectivity index (χ0) is 14.9. The number of rotatable bonds is 3. The Hall–Kier alpha value is -1.33. The standard InChI is InChI=1S/C15H23NO4/c1-10-7-19-11(2)13(10)14(17)16-6-12(8-18-5)20-15(3,4)9-16/h7,12H,6,8-9H2,1-5H3. The molecule has 1 saturated heterocycles. The van der Waals surface area contributed by atoms with Crippen LogP contribution >= 0.6 is 0 Å². The van der Waals surface area contributed by atoms with Crippen LogP contribution in [0.1, 0.15) is 35.5 Å². The average Bonchev–Trinajstić information content (AvgIpc) is 2.66. The van der Waals surface area contributed by atoms with E-state index in [2.05, 4.69) is 0 Å². The Kier molecular flexibility index (Phi) is 4.20. The maximum atomic E-state index is 12.7. The minimum absolute atomic E-state index is 0.00577. The van der Waals surface area contributed by atoms with Crippen molar-refractivity contribution in [3.8, 4) is 0 Å². The van der Waals surface area contributed by atoms with Gasteiger partial charge in [-0.25, -0.2) is 0 Å². The molecule has 1 aliphatic heterocycles. The number of hydrogen-bond donors (Lipinski definition) is 0. The van der Waals surface area contributed by atoms with Gasteiger partial charge in [-0.1, -0.05) is 0 Å². The van der Waals surface area contributed by atoms with Crippen LogP contribution in [0.25, 0.3) is 0 Å². The molecule has 1 amide bonds. The van der Waals surface area contributed by atoms with Gasteiger partial charge in [0.1, 0.15) is 5.76 Å². The van der Waals surface area contributed by atoms with Crippen LogP contribution in [0.15, 0.2) is 10.7 Å². The number of morpholine rings is 1. The molecule has 0 spiro atoms. The molecule has 0 aliphatic carbocycles. The predicted octanol–water partition coefficient (Wildman–Crippen LogP) is 2.16. The molecule has 0 saturated carbocycles. The quantitative estimate of drug-likeness (QED) is 0.852. The molecule has 1 aromatic rings. The molecule has 1 fully saturated rings. The lowest BCUT2D eigenvalue weighted by Crippen LogP contribution is -2.55. The van der Waals surface area contributed by atoms with E-state index in [4.69, 9.17) is 13.9 Å². The summed E-state index contributed by atoms with van der Waals surface area (Å²) in [5.41, 5.74) is 1.17. The number of aryl methyl sites for hydroxylation is 2. The molecule has 0 bridgehead atoms. The van der Waals surface area contributed by atoms with Gasteiger partial charge in [0.25, 0.3) is 5.91 Å². The lowest BCUT2D eigenvalue weighted by atomic mass is 10.0. The summed E-state index contributed by atoms with van der Waals surface area (Å²) in [5, 5.41) is 0. The Morgan fingerprint density at radius 3 is 2.75 bits per heavy atom. The lowest BCUT2D eigenvalue weighted by Gasteiger charge is -2.42. The second-order valence-corrected chi connectivity index (χ2v) is 5.99. The van der Waals surface area contributed by atoms with Crippen molar-refractivity contribution < 1.29 is 18.7 Å². The highest BCUT2D eigenvalue weighted by Gasteiger charge is 2.36. The molecule has 0 N–H and O–H groups in total. The monoisotopic (exact) mass is 281 g/mol. The number of nitrogens with zero attached hydrogens (tertiary/aromatic N) is 1. The van der Waals surface area contributed by atoms with E-state index in [1.807, 2.05) is 32.6 Å². The van der Waals surface area contributed by atoms with Crippen molar-refractivity contribution in [3.63, 3.8) is 0 Å². The zero-order valence-corrected chi connectivity index (χ0v) is 12.9. The number of carbonyl (C=O) groups excluding carboxylic acids is 1. The summed E-state index contributed by atoms with van der Waals surface area (Å²) in [6.45, 7) is 9.28. The number of hydrogen-bond acceptors (Lipinski definition) is 4. The van der Waals surface area contributed by atoms with Crippen LogP contribution in [0.2, 0.25) is 0 Å². The van der Waals surface area contributed by atoms with E-state index in [-0.39, 0.29) is 17.6 Å². The zero-order valence-electron chi connectivity index (χ0n) is 12.9. The largest absolute Gasteiger partial charge is 0.469 e. The van der Waals surface area contributed by atoms with Crippen molar-refractivity contribution in [2.45, 2.75) is 39.4 Å². The molecule has 1 atom stereocenters. The van der Waals surface area contributed by atoms with Gasteiger partial charge < -0.3 is 18.8 Å². The van der Waals surface area contributed by atoms with Crippen LogP contribution in [0.4, 0.5) is 0 Å². The summed E-state index contributed by atoms with van der Waals surface area (Å²) in [7, 11) is 1.64. The summed E-state index contributed by atoms with van der Waals surface area (Å²) < 4.78 is 16.4. The molecule has 1 aliphatic rings. The first-order chi connectivity index (χ1) is 9.34. The molecule has 0 aromatic carbocycles. The fourth-order valence-electron chi connectivity index (χ4n) is 2.77. The van der Waals surface area contributed by atoms with E-state index in [1.165, 1.54) is 0 Å². The summed E-state index contributed by atoms with van der Waals surface area (Å²) in [5.74, 6) is 0.673. The van der Waals surface area contributed by atoms with Crippen LogP contribution in [0.5, 0.6) is 0 Å². The summed E-state index contributed by atoms with van der Waals surface area (Å²) in [4.78, 5) is 14.5. The third-order valence-corrected chi connectivity index (χ3v) is 3.49. The highest BCUT2D eigenvalue weighted by atomic mass is 16.5. The Morgan fingerprint density at radius 1 is 1.50 bits per heavy atom. The highest BCUT2D eigenvalue weighted by Crippen LogP contribution is 2.25. The van der Waals surface area contributed by atoms with Crippen LogP contribution in [-0.2, 0) is 9.47 Å². The minimum atomic E-state index is -0.372. The molecule has 112 valence electrons. The molecule has 1 aromatic heterocycles. The van der Waals surface area contributed by atoms with Gasteiger partial charge in [0.2, 0.25) is 0 Å². The van der Waals surface area contributed by atoms with Crippen molar-refractivity contribution >= 4 is 5.91 Å². The number of carbonyl (C=O) groups is 1. The summed E-state index contributed by atoms with van der Waals surface area (Å²) in [6.07, 6.45) is 1.53. The minimum Gasteiger partial charge on any atom is -0.469 e. The van der Waals surface area contributed by atoms with Gasteiger partial charge in [-0.05, 0) is 27.7 Å². The van der Waals surface area contributed by atoms with E-state index < -0.39 is 0 Å². The smallest absolute Gasteiger partial charge is 0.257 e. The van der Waals surface area contributed by atoms with Crippen molar-refractivity contribution in [3.05, 3.63) is 23.2 Å². The molecular formula is C15H23NO4. The first kappa shape index (κ1) is 15.1. The van der Waals surface area contributed by atoms with Crippen molar-refractivity contribution in [1.29, 1.82) is 0 Å². The maximum absolute atomic E-state index is 12.7. The molecule has 0 radical (unpaired) electrons. The van der Waals surface area contributed by atoms with Crippen LogP contribution < -0.4 is 0 Å². The summed E-state index contributed by atoms with van der Waals surface area (Å²) in [6, 6.07) is 0. The van der Waals surface area contributed by atoms with Gasteiger partial charge >= 0.3 is 0 Å². The SMILES string of the molecule is COCC1CN(C(=O)c2c(C)coc2C)CC(C)(C)O1. The number of ether oxygens (including phenoxy) is 2. The first-order valence-corrected chi connectivity index (χ1v) is 6.85. The van der Waals surface area contributed by atoms with Gasteiger partial charge in [-0.3, -0.25) is 4.79 Å². The van der Waals surface area contributed by atoms with Crippen LogP contribution in [0.3, 0.4) is 0 Å². The molecule has 20 heavy (non-hydrogen) atoms. The number of amides is 1. The fourth-order valence-corrected chi connectivity index (χ4v) is 2.77. The third-order valence-electron chi connectivity index (χ3n) is 3.49. The van der Waals surface area contributed by atoms with Gasteiger partial charge in [0.05, 0.1) is 30.1 Å². The van der Waals surface area contributed by atoms with Gasteiger partial charge in [0, 0.05) is 25.8 Å². The topological polar surface area (TPSA) is 51.9 Å². The normalized spacial score (nSPS) is 22.1. The van der Waals surface area contributed by atoms with E-state index in [0.29, 0.717) is 31.0 Å². The molecule has 5 nitrogen and oxygen atoms in total. The van der Waals surface area contributed by atoms with Crippen molar-refractivity contribution in [2.75, 3.05) is 26.8 Å².